The fraction of sp³-hybridized carbons (Fsp3) is 0.556. The van der Waals surface area contributed by atoms with Gasteiger partial charge >= 0.3 is 5.69 Å². The number of aliphatic hydroxyl groups is 2. The number of rotatable bonds is 2. The summed E-state index contributed by atoms with van der Waals surface area (Å²) in [7, 11) is 0. The second kappa shape index (κ2) is 4.32. The molecule has 0 spiro atoms. The molecule has 3 atom stereocenters. The van der Waals surface area contributed by atoms with Crippen molar-refractivity contribution >= 4 is 5.69 Å². The highest BCUT2D eigenvalue weighted by Crippen LogP contribution is 2.27. The maximum absolute atomic E-state index is 11.5. The van der Waals surface area contributed by atoms with Gasteiger partial charge < -0.3 is 20.7 Å². The van der Waals surface area contributed by atoms with E-state index in [9.17, 15) is 14.7 Å². The maximum atomic E-state index is 11.5. The van der Waals surface area contributed by atoms with Crippen LogP contribution in [-0.4, -0.2) is 38.6 Å². The molecule has 8 nitrogen and oxygen atoms in total. The Labute approximate surface area is 95.3 Å². The Morgan fingerprint density at radius 1 is 1.59 bits per heavy atom. The molecule has 0 aliphatic carbocycles. The number of hydrogen-bond acceptors (Lipinski definition) is 6. The van der Waals surface area contributed by atoms with Gasteiger partial charge in [0.15, 0.2) is 0 Å². The van der Waals surface area contributed by atoms with Crippen molar-refractivity contribution in [1.82, 2.24) is 9.55 Å². The summed E-state index contributed by atoms with van der Waals surface area (Å²) < 4.78 is 6.36. The molecular formula is C9H13N3O5. The Morgan fingerprint density at radius 2 is 2.29 bits per heavy atom. The van der Waals surface area contributed by atoms with E-state index in [-0.39, 0.29) is 18.7 Å². The van der Waals surface area contributed by atoms with E-state index in [0.717, 1.165) is 10.8 Å². The number of nitrogens with two attached hydrogens (primary N) is 1. The Kier molecular flexibility index (Phi) is 3.01. The molecule has 1 aliphatic rings. The summed E-state index contributed by atoms with van der Waals surface area (Å²) in [5, 5.41) is 18.4. The Hall–Kier alpha value is -1.64. The molecule has 1 aliphatic heterocycles. The summed E-state index contributed by atoms with van der Waals surface area (Å²) in [6, 6.07) is 0. The van der Waals surface area contributed by atoms with Gasteiger partial charge in [0.2, 0.25) is 0 Å². The van der Waals surface area contributed by atoms with Crippen molar-refractivity contribution in [2.75, 3.05) is 12.3 Å². The molecular weight excluding hydrogens is 230 g/mol. The van der Waals surface area contributed by atoms with Crippen molar-refractivity contribution in [3.05, 3.63) is 27.0 Å². The van der Waals surface area contributed by atoms with Crippen LogP contribution in [0.4, 0.5) is 5.69 Å². The van der Waals surface area contributed by atoms with E-state index in [4.69, 9.17) is 15.6 Å². The van der Waals surface area contributed by atoms with Crippen LogP contribution in [0.3, 0.4) is 0 Å². The molecule has 2 rings (SSSR count). The van der Waals surface area contributed by atoms with Crippen molar-refractivity contribution in [3.63, 3.8) is 0 Å². The highest BCUT2D eigenvalue weighted by Gasteiger charge is 2.34. The summed E-state index contributed by atoms with van der Waals surface area (Å²) >= 11 is 0. The zero-order valence-electron chi connectivity index (χ0n) is 8.87. The van der Waals surface area contributed by atoms with Crippen LogP contribution in [0, 0.1) is 0 Å². The van der Waals surface area contributed by atoms with Crippen LogP contribution in [0.5, 0.6) is 0 Å². The highest BCUT2D eigenvalue weighted by molar-refractivity contribution is 5.30. The Bertz CT molecular complexity index is 522. The van der Waals surface area contributed by atoms with E-state index in [2.05, 4.69) is 0 Å². The SMILES string of the molecule is Nc1cn([C@@H]2CC(O)[C@H](CO)O2)c(=O)[nH]c1=O. The smallest absolute Gasteiger partial charge is 0.330 e. The number of aliphatic hydroxyl groups excluding tert-OH is 2. The molecule has 5 N–H and O–H groups in total. The first-order chi connectivity index (χ1) is 8.02. The minimum absolute atomic E-state index is 0.116. The molecule has 1 aromatic heterocycles. The molecule has 1 saturated heterocycles. The van der Waals surface area contributed by atoms with E-state index in [1.54, 1.807) is 0 Å². The first-order valence-corrected chi connectivity index (χ1v) is 5.08. The molecule has 0 aromatic carbocycles. The third-order valence-corrected chi connectivity index (χ3v) is 2.69. The molecule has 2 heterocycles. The topological polar surface area (TPSA) is 131 Å². The van der Waals surface area contributed by atoms with Crippen molar-refractivity contribution in [3.8, 4) is 0 Å². The van der Waals surface area contributed by atoms with Gasteiger partial charge in [-0.15, -0.1) is 0 Å². The van der Waals surface area contributed by atoms with Gasteiger partial charge in [-0.25, -0.2) is 4.79 Å². The van der Waals surface area contributed by atoms with Crippen LogP contribution >= 0.6 is 0 Å². The van der Waals surface area contributed by atoms with E-state index in [1.807, 2.05) is 4.98 Å². The first-order valence-electron chi connectivity index (χ1n) is 5.08. The van der Waals surface area contributed by atoms with Crippen LogP contribution in [-0.2, 0) is 4.74 Å². The van der Waals surface area contributed by atoms with Gasteiger partial charge in [0.25, 0.3) is 5.56 Å². The highest BCUT2D eigenvalue weighted by atomic mass is 16.5. The molecule has 0 amide bonds. The third kappa shape index (κ3) is 2.09. The molecule has 1 aromatic rings. The standard InChI is InChI=1S/C9H13N3O5/c10-4-2-12(9(16)11-8(4)15)7-1-5(14)6(3-13)17-7/h2,5-7,13-14H,1,3,10H2,(H,11,15,16)/t5?,6-,7-/m0/s1. The average Bonchev–Trinajstić information content (AvgIpc) is 2.65. The van der Waals surface area contributed by atoms with Gasteiger partial charge in [-0.1, -0.05) is 0 Å². The number of nitrogens with one attached hydrogen (secondary N) is 1. The van der Waals surface area contributed by atoms with Crippen molar-refractivity contribution in [1.29, 1.82) is 0 Å². The molecule has 0 bridgehead atoms. The van der Waals surface area contributed by atoms with Gasteiger partial charge in [0, 0.05) is 12.6 Å². The lowest BCUT2D eigenvalue weighted by atomic mass is 10.2. The van der Waals surface area contributed by atoms with Crippen LogP contribution in [0.2, 0.25) is 0 Å². The van der Waals surface area contributed by atoms with E-state index >= 15 is 0 Å². The molecule has 94 valence electrons. The summed E-state index contributed by atoms with van der Waals surface area (Å²) in [5.41, 5.74) is 3.94. The van der Waals surface area contributed by atoms with E-state index < -0.39 is 29.7 Å². The van der Waals surface area contributed by atoms with E-state index in [0.29, 0.717) is 0 Å². The number of hydrogen-bond donors (Lipinski definition) is 4. The van der Waals surface area contributed by atoms with Gasteiger partial charge in [-0.2, -0.15) is 0 Å². The zero-order chi connectivity index (χ0) is 12.6. The molecule has 0 radical (unpaired) electrons. The van der Waals surface area contributed by atoms with Crippen LogP contribution in [0.25, 0.3) is 0 Å². The number of anilines is 1. The van der Waals surface area contributed by atoms with Crippen LogP contribution in [0.1, 0.15) is 12.6 Å². The summed E-state index contributed by atoms with van der Waals surface area (Å²) in [6.07, 6.45) is -1.02. The Balaban J connectivity index is 2.34. The normalized spacial score (nSPS) is 28.5. The van der Waals surface area contributed by atoms with Gasteiger partial charge in [0.05, 0.1) is 12.7 Å². The van der Waals surface area contributed by atoms with Gasteiger partial charge in [-0.3, -0.25) is 14.3 Å². The fourth-order valence-corrected chi connectivity index (χ4v) is 1.77. The first kappa shape index (κ1) is 11.8. The molecule has 17 heavy (non-hydrogen) atoms. The predicted octanol–water partition coefficient (Wildman–Crippen LogP) is -2.24. The summed E-state index contributed by atoms with van der Waals surface area (Å²) in [5.74, 6) is 0. The largest absolute Gasteiger partial charge is 0.394 e. The molecule has 8 heteroatoms. The third-order valence-electron chi connectivity index (χ3n) is 2.69. The van der Waals surface area contributed by atoms with Crippen molar-refractivity contribution in [2.24, 2.45) is 0 Å². The minimum atomic E-state index is -0.856. The van der Waals surface area contributed by atoms with Crippen molar-refractivity contribution in [2.45, 2.75) is 24.9 Å². The van der Waals surface area contributed by atoms with Gasteiger partial charge in [-0.05, 0) is 0 Å². The lowest BCUT2D eigenvalue weighted by molar-refractivity contribution is -0.0458. The maximum Gasteiger partial charge on any atom is 0.330 e. The van der Waals surface area contributed by atoms with Crippen molar-refractivity contribution < 1.29 is 14.9 Å². The number of ether oxygens (including phenoxy) is 1. The lowest BCUT2D eigenvalue weighted by Gasteiger charge is -2.14. The second-order valence-electron chi connectivity index (χ2n) is 3.87. The van der Waals surface area contributed by atoms with Crippen LogP contribution in [0.15, 0.2) is 15.8 Å². The minimum Gasteiger partial charge on any atom is -0.394 e. The number of aromatic nitrogens is 2. The quantitative estimate of drug-likeness (QED) is 0.464. The number of aromatic amines is 1. The fourth-order valence-electron chi connectivity index (χ4n) is 1.77. The molecule has 1 fully saturated rings. The Morgan fingerprint density at radius 3 is 2.88 bits per heavy atom. The molecule has 0 saturated carbocycles. The summed E-state index contributed by atoms with van der Waals surface area (Å²) in [4.78, 5) is 24.6. The van der Waals surface area contributed by atoms with Crippen LogP contribution < -0.4 is 17.0 Å². The molecule has 1 unspecified atom stereocenters. The number of nitrogens with zero attached hydrogens (tertiary/aromatic N) is 1. The average molecular weight is 243 g/mol. The number of H-pyrrole nitrogens is 1. The van der Waals surface area contributed by atoms with E-state index in [1.165, 1.54) is 0 Å². The van der Waals surface area contributed by atoms with Gasteiger partial charge in [0.1, 0.15) is 18.0 Å². The monoisotopic (exact) mass is 243 g/mol. The number of nitrogen functional groups attached to an aromatic ring is 1. The predicted molar refractivity (Wildman–Crippen MR) is 57.4 cm³/mol. The second-order valence-corrected chi connectivity index (χ2v) is 3.87. The lowest BCUT2D eigenvalue weighted by Crippen LogP contribution is -2.33. The summed E-state index contributed by atoms with van der Waals surface area (Å²) in [6.45, 7) is -0.342. The zero-order valence-corrected chi connectivity index (χ0v) is 8.87.